The molecule has 1 saturated heterocycles. The number of amides is 2. The Morgan fingerprint density at radius 3 is 2.20 bits per heavy atom. The highest BCUT2D eigenvalue weighted by molar-refractivity contribution is 5.95. The quantitative estimate of drug-likeness (QED) is 0.844. The van der Waals surface area contributed by atoms with Gasteiger partial charge in [-0.1, -0.05) is 0 Å². The van der Waals surface area contributed by atoms with E-state index in [0.717, 1.165) is 0 Å². The fraction of sp³-hybridized carbons (Fsp3) is 0.467. The maximum atomic E-state index is 12.2. The Kier molecular flexibility index (Phi) is 4.39. The summed E-state index contributed by atoms with van der Waals surface area (Å²) >= 11 is 0. The molecule has 0 bridgehead atoms. The molecule has 1 heterocycles. The molecule has 108 valence electrons. The molecule has 0 aliphatic carbocycles. The molecule has 20 heavy (non-hydrogen) atoms. The van der Waals surface area contributed by atoms with Crippen LogP contribution in [0.15, 0.2) is 24.3 Å². The number of anilines is 1. The predicted octanol–water partition coefficient (Wildman–Crippen LogP) is 2.53. The molecule has 0 radical (unpaired) electrons. The first-order valence-electron chi connectivity index (χ1n) is 6.78. The highest BCUT2D eigenvalue weighted by Gasteiger charge is 2.25. The Balaban J connectivity index is 1.98. The molecule has 0 spiro atoms. The number of ketones is 1. The topological polar surface area (TPSA) is 58.6 Å². The van der Waals surface area contributed by atoms with Gasteiger partial charge in [0.25, 0.3) is 0 Å². The van der Waals surface area contributed by atoms with Gasteiger partial charge >= 0.3 is 6.03 Å². The summed E-state index contributed by atoms with van der Waals surface area (Å²) in [5, 5.41) is 2.84. The molecule has 1 aliphatic rings. The predicted molar refractivity (Wildman–Crippen MR) is 77.0 cm³/mol. The number of Topliss-reactive ketones (excluding diaryl/α,β-unsaturated/α-hetero) is 1. The van der Waals surface area contributed by atoms with Crippen LogP contribution in [0.4, 0.5) is 10.5 Å². The van der Waals surface area contributed by atoms with E-state index in [4.69, 9.17) is 4.74 Å². The zero-order chi connectivity index (χ0) is 14.7. The van der Waals surface area contributed by atoms with Gasteiger partial charge in [0.05, 0.1) is 12.2 Å². The second kappa shape index (κ2) is 6.05. The van der Waals surface area contributed by atoms with E-state index in [1.807, 2.05) is 13.8 Å². The van der Waals surface area contributed by atoms with E-state index < -0.39 is 0 Å². The van der Waals surface area contributed by atoms with Gasteiger partial charge in [0.1, 0.15) is 0 Å². The summed E-state index contributed by atoms with van der Waals surface area (Å²) in [6.07, 6.45) is 0.0918. The van der Waals surface area contributed by atoms with Crippen molar-refractivity contribution >= 4 is 17.5 Å². The largest absolute Gasteiger partial charge is 0.372 e. The molecule has 2 unspecified atom stereocenters. The van der Waals surface area contributed by atoms with Crippen molar-refractivity contribution in [1.82, 2.24) is 4.90 Å². The minimum Gasteiger partial charge on any atom is -0.372 e. The molecule has 2 atom stereocenters. The van der Waals surface area contributed by atoms with Crippen molar-refractivity contribution in [2.45, 2.75) is 33.0 Å². The highest BCUT2D eigenvalue weighted by atomic mass is 16.5. The van der Waals surface area contributed by atoms with E-state index in [9.17, 15) is 9.59 Å². The summed E-state index contributed by atoms with van der Waals surface area (Å²) in [5.74, 6) is 0.0127. The highest BCUT2D eigenvalue weighted by Crippen LogP contribution is 2.14. The van der Waals surface area contributed by atoms with Crippen LogP contribution in [-0.4, -0.2) is 42.0 Å². The van der Waals surface area contributed by atoms with Crippen molar-refractivity contribution in [3.63, 3.8) is 0 Å². The molecule has 1 aromatic carbocycles. The van der Waals surface area contributed by atoms with E-state index >= 15 is 0 Å². The number of hydrogen-bond donors (Lipinski definition) is 1. The second-order valence-corrected chi connectivity index (χ2v) is 5.23. The van der Waals surface area contributed by atoms with Crippen LogP contribution < -0.4 is 5.32 Å². The number of benzene rings is 1. The van der Waals surface area contributed by atoms with Gasteiger partial charge in [0, 0.05) is 24.3 Å². The lowest BCUT2D eigenvalue weighted by Crippen LogP contribution is -2.49. The molecular formula is C15H20N2O3. The molecule has 1 aliphatic heterocycles. The standard InChI is InChI=1S/C15H20N2O3/c1-10-8-17(9-11(2)20-10)15(19)16-14-6-4-13(5-7-14)12(3)18/h4-7,10-11H,8-9H2,1-3H3,(H,16,19). The van der Waals surface area contributed by atoms with Gasteiger partial charge in [0.2, 0.25) is 0 Å². The lowest BCUT2D eigenvalue weighted by atomic mass is 10.1. The van der Waals surface area contributed by atoms with Crippen molar-refractivity contribution in [3.8, 4) is 0 Å². The van der Waals surface area contributed by atoms with E-state index in [1.54, 1.807) is 29.2 Å². The lowest BCUT2D eigenvalue weighted by molar-refractivity contribution is -0.0530. The summed E-state index contributed by atoms with van der Waals surface area (Å²) in [5.41, 5.74) is 1.32. The molecular weight excluding hydrogens is 256 g/mol. The van der Waals surface area contributed by atoms with Crippen LogP contribution in [0.25, 0.3) is 0 Å². The van der Waals surface area contributed by atoms with Gasteiger partial charge in [0.15, 0.2) is 5.78 Å². The SMILES string of the molecule is CC(=O)c1ccc(NC(=O)N2CC(C)OC(C)C2)cc1. The molecule has 0 aromatic heterocycles. The van der Waals surface area contributed by atoms with Crippen LogP contribution in [-0.2, 0) is 4.74 Å². The number of urea groups is 1. The number of ether oxygens (including phenoxy) is 1. The van der Waals surface area contributed by atoms with Gasteiger partial charge in [-0.05, 0) is 45.0 Å². The monoisotopic (exact) mass is 276 g/mol. The molecule has 1 N–H and O–H groups in total. The summed E-state index contributed by atoms with van der Waals surface area (Å²) in [6, 6.07) is 6.76. The van der Waals surface area contributed by atoms with Gasteiger partial charge < -0.3 is 15.0 Å². The van der Waals surface area contributed by atoms with Crippen molar-refractivity contribution in [1.29, 1.82) is 0 Å². The number of nitrogens with zero attached hydrogens (tertiary/aromatic N) is 1. The van der Waals surface area contributed by atoms with Crippen LogP contribution in [0.1, 0.15) is 31.1 Å². The number of nitrogens with one attached hydrogen (secondary N) is 1. The van der Waals surface area contributed by atoms with Gasteiger partial charge in [-0.25, -0.2) is 4.79 Å². The average molecular weight is 276 g/mol. The summed E-state index contributed by atoms with van der Waals surface area (Å²) < 4.78 is 5.60. The van der Waals surface area contributed by atoms with E-state index in [-0.39, 0.29) is 24.0 Å². The Hall–Kier alpha value is -1.88. The van der Waals surface area contributed by atoms with Gasteiger partial charge in [-0.3, -0.25) is 4.79 Å². The number of rotatable bonds is 2. The molecule has 1 fully saturated rings. The van der Waals surface area contributed by atoms with E-state index in [1.165, 1.54) is 6.92 Å². The maximum absolute atomic E-state index is 12.2. The van der Waals surface area contributed by atoms with Crippen LogP contribution >= 0.6 is 0 Å². The first-order valence-corrected chi connectivity index (χ1v) is 6.78. The maximum Gasteiger partial charge on any atom is 0.322 e. The molecule has 2 amide bonds. The summed E-state index contributed by atoms with van der Waals surface area (Å²) in [6.45, 7) is 6.60. The summed E-state index contributed by atoms with van der Waals surface area (Å²) in [7, 11) is 0. The molecule has 1 aromatic rings. The van der Waals surface area contributed by atoms with Crippen molar-refractivity contribution in [2.24, 2.45) is 0 Å². The normalized spacial score (nSPS) is 22.4. The molecule has 5 heteroatoms. The number of hydrogen-bond acceptors (Lipinski definition) is 3. The van der Waals surface area contributed by atoms with Crippen molar-refractivity contribution in [3.05, 3.63) is 29.8 Å². The average Bonchev–Trinajstić information content (AvgIpc) is 2.38. The Morgan fingerprint density at radius 1 is 1.15 bits per heavy atom. The lowest BCUT2D eigenvalue weighted by Gasteiger charge is -2.35. The molecule has 5 nitrogen and oxygen atoms in total. The van der Waals surface area contributed by atoms with Gasteiger partial charge in [-0.15, -0.1) is 0 Å². The van der Waals surface area contributed by atoms with E-state index in [2.05, 4.69) is 5.32 Å². The second-order valence-electron chi connectivity index (χ2n) is 5.23. The summed E-state index contributed by atoms with van der Waals surface area (Å²) in [4.78, 5) is 25.1. The van der Waals surface area contributed by atoms with Crippen LogP contribution in [0, 0.1) is 0 Å². The first kappa shape index (κ1) is 14.5. The van der Waals surface area contributed by atoms with Gasteiger partial charge in [-0.2, -0.15) is 0 Å². The van der Waals surface area contributed by atoms with E-state index in [0.29, 0.717) is 24.3 Å². The number of carbonyl (C=O) groups is 2. The van der Waals surface area contributed by atoms with Crippen molar-refractivity contribution in [2.75, 3.05) is 18.4 Å². The fourth-order valence-electron chi connectivity index (χ4n) is 2.33. The number of morpholine rings is 1. The third-order valence-electron chi connectivity index (χ3n) is 3.25. The van der Waals surface area contributed by atoms with Crippen molar-refractivity contribution < 1.29 is 14.3 Å². The minimum absolute atomic E-state index is 0.0127. The molecule has 2 rings (SSSR count). The Morgan fingerprint density at radius 2 is 1.70 bits per heavy atom. The number of carbonyl (C=O) groups excluding carboxylic acids is 2. The molecule has 0 saturated carbocycles. The third-order valence-corrected chi connectivity index (χ3v) is 3.25. The smallest absolute Gasteiger partial charge is 0.322 e. The fourth-order valence-corrected chi connectivity index (χ4v) is 2.33. The zero-order valence-corrected chi connectivity index (χ0v) is 12.1. The van der Waals surface area contributed by atoms with Crippen LogP contribution in [0.3, 0.4) is 0 Å². The van der Waals surface area contributed by atoms with Crippen LogP contribution in [0.5, 0.6) is 0 Å². The Bertz CT molecular complexity index is 488. The minimum atomic E-state index is -0.137. The Labute approximate surface area is 118 Å². The third kappa shape index (κ3) is 3.57. The first-order chi connectivity index (χ1) is 9.45. The van der Waals surface area contributed by atoms with Crippen LogP contribution in [0.2, 0.25) is 0 Å². The zero-order valence-electron chi connectivity index (χ0n) is 12.1.